The van der Waals surface area contributed by atoms with Crippen molar-refractivity contribution in [2.45, 2.75) is 0 Å². The Morgan fingerprint density at radius 1 is 1.50 bits per heavy atom. The molecule has 7 heteroatoms. The molecule has 16 heavy (non-hydrogen) atoms. The van der Waals surface area contributed by atoms with E-state index in [-0.39, 0.29) is 10.0 Å². The fourth-order valence-electron chi connectivity index (χ4n) is 0.961. The molecule has 0 unspecified atom stereocenters. The minimum atomic E-state index is -0.796. The molecule has 0 N–H and O–H groups in total. The fraction of sp³-hybridized carbons (Fsp3) is 0.333. The molecule has 0 saturated heterocycles. The van der Waals surface area contributed by atoms with E-state index in [4.69, 9.17) is 0 Å². The van der Waals surface area contributed by atoms with Crippen LogP contribution < -0.4 is 0 Å². The van der Waals surface area contributed by atoms with E-state index in [2.05, 4.69) is 9.73 Å². The van der Waals surface area contributed by atoms with Crippen LogP contribution in [0, 0.1) is 0 Å². The number of carbonyl (C=O) groups is 3. The van der Waals surface area contributed by atoms with Gasteiger partial charge < -0.3 is 0 Å². The number of rotatable bonds is 2. The number of aliphatic imine (C=N–C) groups is 1. The summed E-state index contributed by atoms with van der Waals surface area (Å²) in [5, 5.41) is 0. The van der Waals surface area contributed by atoms with Crippen molar-refractivity contribution >= 4 is 37.9 Å². The molecule has 6 nitrogen and oxygen atoms in total. The van der Waals surface area contributed by atoms with E-state index in [1.165, 1.54) is 0 Å². The minimum absolute atomic E-state index is 0.151. The van der Waals surface area contributed by atoms with E-state index in [1.54, 1.807) is 19.0 Å². The Morgan fingerprint density at radius 3 is 2.50 bits per heavy atom. The Bertz CT molecular complexity index is 412. The number of amides is 1. The van der Waals surface area contributed by atoms with E-state index < -0.39 is 26.8 Å². The molecule has 0 saturated carbocycles. The number of carbonyl (C=O) groups excluding carboxylic acids is 3. The van der Waals surface area contributed by atoms with Gasteiger partial charge in [-0.05, 0) is 0 Å². The van der Waals surface area contributed by atoms with Crippen molar-refractivity contribution in [3.8, 4) is 0 Å². The van der Waals surface area contributed by atoms with Crippen LogP contribution >= 0.6 is 0 Å². The molecule has 1 aliphatic heterocycles. The Balaban J connectivity index is 3.08. The summed E-state index contributed by atoms with van der Waals surface area (Å²) in [6, 6.07) is 0. The van der Waals surface area contributed by atoms with Gasteiger partial charge in [-0.15, -0.1) is 0 Å². The third-order valence-corrected chi connectivity index (χ3v) is 4.33. The van der Waals surface area contributed by atoms with E-state index in [1.807, 2.05) is 0 Å². The molecular weight excluding hydrogens is 279 g/mol. The summed E-state index contributed by atoms with van der Waals surface area (Å²) in [7, 11) is 4.65. The predicted octanol–water partition coefficient (Wildman–Crippen LogP) is -1.23. The summed E-state index contributed by atoms with van der Waals surface area (Å²) in [5.74, 6) is -1.33. The summed E-state index contributed by atoms with van der Waals surface area (Å²) >= 11 is -0.426. The van der Waals surface area contributed by atoms with Gasteiger partial charge in [0.25, 0.3) is 0 Å². The molecule has 1 amide bonds. The van der Waals surface area contributed by atoms with Gasteiger partial charge in [0, 0.05) is 0 Å². The molecule has 0 aliphatic carbocycles. The third-order valence-electron chi connectivity index (χ3n) is 1.74. The monoisotopic (exact) mass is 290 g/mol. The quantitative estimate of drug-likeness (QED) is 0.159. The number of methoxy groups -OCH3 is 1. The average molecular weight is 289 g/mol. The Hall–Kier alpha value is -1.46. The van der Waals surface area contributed by atoms with Crippen molar-refractivity contribution in [3.63, 3.8) is 0 Å². The summed E-state index contributed by atoms with van der Waals surface area (Å²) in [6.45, 7) is 0. The van der Waals surface area contributed by atoms with Crippen LogP contribution in [-0.4, -0.2) is 64.0 Å². The molecule has 0 aromatic heterocycles. The molecule has 0 fully saturated rings. The van der Waals surface area contributed by atoms with Gasteiger partial charge in [-0.2, -0.15) is 0 Å². The number of nitrogens with zero attached hydrogens (tertiary/aromatic N) is 2. The van der Waals surface area contributed by atoms with Crippen molar-refractivity contribution in [2.75, 3.05) is 21.2 Å². The molecule has 0 atom stereocenters. The van der Waals surface area contributed by atoms with Gasteiger partial charge in [0.05, 0.1) is 0 Å². The normalized spacial score (nSPS) is 17.9. The van der Waals surface area contributed by atoms with Crippen LogP contribution in [0.4, 0.5) is 0 Å². The molecule has 86 valence electrons. The van der Waals surface area contributed by atoms with Crippen LogP contribution in [0.2, 0.25) is 0 Å². The van der Waals surface area contributed by atoms with Gasteiger partial charge in [-0.3, -0.25) is 0 Å². The van der Waals surface area contributed by atoms with E-state index in [0.717, 1.165) is 7.11 Å². The second-order valence-electron chi connectivity index (χ2n) is 3.05. The van der Waals surface area contributed by atoms with Crippen molar-refractivity contribution in [2.24, 2.45) is 4.99 Å². The van der Waals surface area contributed by atoms with Gasteiger partial charge in [-0.1, -0.05) is 0 Å². The average Bonchev–Trinajstić information content (AvgIpc) is 2.62. The first kappa shape index (κ1) is 12.6. The van der Waals surface area contributed by atoms with Crippen molar-refractivity contribution < 1.29 is 19.1 Å². The van der Waals surface area contributed by atoms with Crippen molar-refractivity contribution in [1.82, 2.24) is 4.90 Å². The van der Waals surface area contributed by atoms with Crippen LogP contribution in [0.5, 0.6) is 0 Å². The standard InChI is InChI=1S/C9H10N2O4Se/c1-11(2)9-10-7(13)6(16-9)5(4-12)8(14)15-3/h4H,1-3H3/b6-5+. The Morgan fingerprint density at radius 2 is 2.12 bits per heavy atom. The van der Waals surface area contributed by atoms with Crippen LogP contribution in [0.25, 0.3) is 0 Å². The third kappa shape index (κ3) is 2.37. The summed E-state index contributed by atoms with van der Waals surface area (Å²) in [4.78, 5) is 38.9. The number of ether oxygens (including phenoxy) is 1. The second-order valence-corrected chi connectivity index (χ2v) is 5.10. The zero-order chi connectivity index (χ0) is 12.3. The van der Waals surface area contributed by atoms with Gasteiger partial charge in [0.1, 0.15) is 0 Å². The second kappa shape index (κ2) is 5.05. The first-order valence-corrected chi connectivity index (χ1v) is 5.98. The maximum atomic E-state index is 11.5. The zero-order valence-corrected chi connectivity index (χ0v) is 10.7. The van der Waals surface area contributed by atoms with E-state index in [0.29, 0.717) is 11.0 Å². The van der Waals surface area contributed by atoms with Crippen LogP contribution in [-0.2, 0) is 19.1 Å². The van der Waals surface area contributed by atoms with Gasteiger partial charge in [0.15, 0.2) is 0 Å². The Kier molecular flexibility index (Phi) is 3.98. The molecular formula is C9H10N2O4Se. The van der Waals surface area contributed by atoms with E-state index >= 15 is 0 Å². The summed E-state index contributed by atoms with van der Waals surface area (Å²) in [6.07, 6.45) is 0.342. The SMILES string of the molecule is COC(=O)/C(C=O)=C1/[Se]C(N(C)C)=NC1=O. The van der Waals surface area contributed by atoms with Crippen molar-refractivity contribution in [3.05, 3.63) is 10.0 Å². The van der Waals surface area contributed by atoms with Crippen LogP contribution in [0.1, 0.15) is 0 Å². The molecule has 0 spiro atoms. The molecule has 0 aromatic carbocycles. The fourth-order valence-corrected chi connectivity index (χ4v) is 2.78. The molecule has 1 aliphatic rings. The zero-order valence-electron chi connectivity index (χ0n) is 9.01. The number of hydrogen-bond acceptors (Lipinski definition) is 5. The number of hydrogen-bond donors (Lipinski definition) is 0. The van der Waals surface area contributed by atoms with Crippen LogP contribution in [0.3, 0.4) is 0 Å². The van der Waals surface area contributed by atoms with Crippen molar-refractivity contribution in [1.29, 1.82) is 0 Å². The molecule has 1 heterocycles. The first-order valence-electron chi connectivity index (χ1n) is 4.27. The summed E-state index contributed by atoms with van der Waals surface area (Å²) < 4.78 is 5.16. The van der Waals surface area contributed by atoms with Crippen LogP contribution in [0.15, 0.2) is 15.0 Å². The molecule has 0 radical (unpaired) electrons. The van der Waals surface area contributed by atoms with E-state index in [9.17, 15) is 14.4 Å². The Labute approximate surface area is 98.5 Å². The van der Waals surface area contributed by atoms with Gasteiger partial charge in [0.2, 0.25) is 0 Å². The molecule has 0 aromatic rings. The van der Waals surface area contributed by atoms with Gasteiger partial charge >= 0.3 is 98.1 Å². The van der Waals surface area contributed by atoms with Gasteiger partial charge in [-0.25, -0.2) is 0 Å². The molecule has 1 rings (SSSR count). The predicted molar refractivity (Wildman–Crippen MR) is 57.0 cm³/mol. The summed E-state index contributed by atoms with van der Waals surface area (Å²) in [5.41, 5.74) is -0.229. The number of amidine groups is 1. The number of esters is 1. The maximum absolute atomic E-state index is 11.5. The topological polar surface area (TPSA) is 76.0 Å². The number of aldehydes is 1. The molecule has 0 bridgehead atoms. The first-order chi connectivity index (χ1) is 7.51.